The second-order valence-corrected chi connectivity index (χ2v) is 5.39. The SMILES string of the molecule is Cc1cccc(C(NN)c2cccc(Br)c2F)c1C. The molecular formula is C15H16BrFN2. The molecule has 0 radical (unpaired) electrons. The number of hydrogen-bond donors (Lipinski definition) is 2. The molecule has 4 heteroatoms. The lowest BCUT2D eigenvalue weighted by Gasteiger charge is -2.21. The van der Waals surface area contributed by atoms with Gasteiger partial charge in [-0.05, 0) is 52.5 Å². The van der Waals surface area contributed by atoms with Crippen LogP contribution in [0.4, 0.5) is 4.39 Å². The van der Waals surface area contributed by atoms with Crippen molar-refractivity contribution in [2.24, 2.45) is 5.84 Å². The molecule has 0 saturated heterocycles. The van der Waals surface area contributed by atoms with Crippen LogP contribution in [0.25, 0.3) is 0 Å². The number of benzene rings is 2. The lowest BCUT2D eigenvalue weighted by molar-refractivity contribution is 0.554. The molecule has 1 unspecified atom stereocenters. The molecule has 0 aliphatic heterocycles. The van der Waals surface area contributed by atoms with Crippen LogP contribution in [0.5, 0.6) is 0 Å². The molecule has 2 aromatic carbocycles. The fourth-order valence-corrected chi connectivity index (χ4v) is 2.56. The quantitative estimate of drug-likeness (QED) is 0.667. The third kappa shape index (κ3) is 2.71. The summed E-state index contributed by atoms with van der Waals surface area (Å²) in [5.41, 5.74) is 6.50. The van der Waals surface area contributed by atoms with E-state index >= 15 is 0 Å². The van der Waals surface area contributed by atoms with Crippen molar-refractivity contribution in [2.75, 3.05) is 0 Å². The van der Waals surface area contributed by atoms with E-state index < -0.39 is 0 Å². The van der Waals surface area contributed by atoms with Gasteiger partial charge in [0.05, 0.1) is 10.5 Å². The first-order valence-electron chi connectivity index (χ1n) is 6.02. The number of hydrogen-bond acceptors (Lipinski definition) is 2. The number of aryl methyl sites for hydroxylation is 1. The Morgan fingerprint density at radius 2 is 1.74 bits per heavy atom. The van der Waals surface area contributed by atoms with E-state index in [-0.39, 0.29) is 11.9 Å². The van der Waals surface area contributed by atoms with E-state index in [1.165, 1.54) is 0 Å². The van der Waals surface area contributed by atoms with Crippen molar-refractivity contribution in [1.82, 2.24) is 5.43 Å². The maximum Gasteiger partial charge on any atom is 0.142 e. The van der Waals surface area contributed by atoms with E-state index in [0.717, 1.165) is 16.7 Å². The Labute approximate surface area is 120 Å². The Bertz CT molecular complexity index is 547. The van der Waals surface area contributed by atoms with Crippen molar-refractivity contribution in [3.8, 4) is 0 Å². The van der Waals surface area contributed by atoms with Gasteiger partial charge in [-0.15, -0.1) is 0 Å². The summed E-state index contributed by atoms with van der Waals surface area (Å²) < 4.78 is 14.7. The fraction of sp³-hybridized carbons (Fsp3) is 0.200. The van der Waals surface area contributed by atoms with Crippen LogP contribution < -0.4 is 11.3 Å². The number of nitrogens with two attached hydrogens (primary N) is 1. The Morgan fingerprint density at radius 1 is 1.11 bits per heavy atom. The maximum atomic E-state index is 14.2. The first kappa shape index (κ1) is 14.2. The second-order valence-electron chi connectivity index (χ2n) is 4.53. The summed E-state index contributed by atoms with van der Waals surface area (Å²) in [5, 5.41) is 0. The van der Waals surface area contributed by atoms with Crippen LogP contribution in [0.1, 0.15) is 28.3 Å². The van der Waals surface area contributed by atoms with Gasteiger partial charge >= 0.3 is 0 Å². The Balaban J connectivity index is 2.57. The van der Waals surface area contributed by atoms with Gasteiger partial charge in [0.1, 0.15) is 5.82 Å². The van der Waals surface area contributed by atoms with E-state index in [2.05, 4.69) is 21.4 Å². The summed E-state index contributed by atoms with van der Waals surface area (Å²) >= 11 is 3.21. The standard InChI is InChI=1S/C15H16BrFN2/c1-9-5-3-6-11(10(9)2)15(19-18)12-7-4-8-13(16)14(12)17/h3-8,15,19H,18H2,1-2H3. The summed E-state index contributed by atoms with van der Waals surface area (Å²) in [6.07, 6.45) is 0. The van der Waals surface area contributed by atoms with Crippen molar-refractivity contribution in [1.29, 1.82) is 0 Å². The van der Waals surface area contributed by atoms with Gasteiger partial charge in [-0.2, -0.15) is 0 Å². The van der Waals surface area contributed by atoms with Gasteiger partial charge in [0.15, 0.2) is 0 Å². The summed E-state index contributed by atoms with van der Waals surface area (Å²) in [5.74, 6) is 5.36. The zero-order valence-corrected chi connectivity index (χ0v) is 12.5. The van der Waals surface area contributed by atoms with Crippen LogP contribution in [0.2, 0.25) is 0 Å². The minimum Gasteiger partial charge on any atom is -0.271 e. The van der Waals surface area contributed by atoms with Crippen molar-refractivity contribution >= 4 is 15.9 Å². The molecule has 2 nitrogen and oxygen atoms in total. The van der Waals surface area contributed by atoms with Crippen molar-refractivity contribution in [3.63, 3.8) is 0 Å². The molecule has 2 aromatic rings. The average molecular weight is 323 g/mol. The molecule has 1 atom stereocenters. The lowest BCUT2D eigenvalue weighted by Crippen LogP contribution is -2.30. The third-order valence-corrected chi connectivity index (χ3v) is 4.03. The molecular weight excluding hydrogens is 307 g/mol. The molecule has 0 aromatic heterocycles. The largest absolute Gasteiger partial charge is 0.271 e. The molecule has 100 valence electrons. The number of rotatable bonds is 3. The molecule has 0 aliphatic rings. The van der Waals surface area contributed by atoms with Crippen molar-refractivity contribution in [2.45, 2.75) is 19.9 Å². The predicted molar refractivity (Wildman–Crippen MR) is 79.2 cm³/mol. The summed E-state index contributed by atoms with van der Waals surface area (Å²) in [7, 11) is 0. The average Bonchev–Trinajstić information content (AvgIpc) is 2.40. The highest BCUT2D eigenvalue weighted by Gasteiger charge is 2.19. The molecule has 2 rings (SSSR count). The Morgan fingerprint density at radius 3 is 2.42 bits per heavy atom. The molecule has 0 amide bonds. The van der Waals surface area contributed by atoms with Gasteiger partial charge in [-0.3, -0.25) is 5.84 Å². The summed E-state index contributed by atoms with van der Waals surface area (Å²) in [6.45, 7) is 4.05. The zero-order chi connectivity index (χ0) is 14.0. The van der Waals surface area contributed by atoms with Crippen LogP contribution in [0.3, 0.4) is 0 Å². The predicted octanol–water partition coefficient (Wildman–Crippen LogP) is 3.76. The summed E-state index contributed by atoms with van der Waals surface area (Å²) in [6, 6.07) is 10.8. The molecule has 0 spiro atoms. The van der Waals surface area contributed by atoms with Gasteiger partial charge in [0, 0.05) is 5.56 Å². The molecule has 0 fully saturated rings. The molecule has 0 heterocycles. The minimum atomic E-state index is -0.364. The highest BCUT2D eigenvalue weighted by Crippen LogP contribution is 2.30. The molecule has 0 aliphatic carbocycles. The number of nitrogens with one attached hydrogen (secondary N) is 1. The maximum absolute atomic E-state index is 14.2. The van der Waals surface area contributed by atoms with Crippen LogP contribution in [-0.2, 0) is 0 Å². The molecule has 3 N–H and O–H groups in total. The van der Waals surface area contributed by atoms with Crippen molar-refractivity contribution in [3.05, 3.63) is 68.9 Å². The van der Waals surface area contributed by atoms with E-state index in [4.69, 9.17) is 5.84 Å². The molecule has 0 bridgehead atoms. The smallest absolute Gasteiger partial charge is 0.142 e. The Hall–Kier alpha value is -1.23. The van der Waals surface area contributed by atoms with Crippen LogP contribution in [0.15, 0.2) is 40.9 Å². The highest BCUT2D eigenvalue weighted by atomic mass is 79.9. The van der Waals surface area contributed by atoms with E-state index in [1.54, 1.807) is 18.2 Å². The lowest BCUT2D eigenvalue weighted by atomic mass is 9.93. The fourth-order valence-electron chi connectivity index (χ4n) is 2.18. The topological polar surface area (TPSA) is 38.0 Å². The monoisotopic (exact) mass is 322 g/mol. The first-order valence-corrected chi connectivity index (χ1v) is 6.81. The minimum absolute atomic E-state index is 0.286. The zero-order valence-electron chi connectivity index (χ0n) is 10.9. The van der Waals surface area contributed by atoms with Crippen LogP contribution in [-0.4, -0.2) is 0 Å². The molecule has 0 saturated carbocycles. The van der Waals surface area contributed by atoms with Gasteiger partial charge in [0.25, 0.3) is 0 Å². The first-order chi connectivity index (χ1) is 9.06. The molecule has 19 heavy (non-hydrogen) atoms. The number of hydrazine groups is 1. The number of halogens is 2. The van der Waals surface area contributed by atoms with Gasteiger partial charge in [-0.1, -0.05) is 30.3 Å². The summed E-state index contributed by atoms with van der Waals surface area (Å²) in [4.78, 5) is 0. The second kappa shape index (κ2) is 5.82. The van der Waals surface area contributed by atoms with Crippen molar-refractivity contribution < 1.29 is 4.39 Å². The van der Waals surface area contributed by atoms with E-state index in [0.29, 0.717) is 10.0 Å². The van der Waals surface area contributed by atoms with E-state index in [9.17, 15) is 4.39 Å². The van der Waals surface area contributed by atoms with Gasteiger partial charge in [-0.25, -0.2) is 9.82 Å². The Kier molecular flexibility index (Phi) is 4.34. The third-order valence-electron chi connectivity index (χ3n) is 3.42. The van der Waals surface area contributed by atoms with Gasteiger partial charge < -0.3 is 0 Å². The van der Waals surface area contributed by atoms with E-state index in [1.807, 2.05) is 32.0 Å². The normalized spacial score (nSPS) is 12.5. The highest BCUT2D eigenvalue weighted by molar-refractivity contribution is 9.10. The van der Waals surface area contributed by atoms with Gasteiger partial charge in [0.2, 0.25) is 0 Å². The van der Waals surface area contributed by atoms with Crippen LogP contribution >= 0.6 is 15.9 Å². The van der Waals surface area contributed by atoms with Crippen LogP contribution in [0, 0.1) is 19.7 Å².